The zero-order valence-electron chi connectivity index (χ0n) is 15.8. The fraction of sp³-hybridized carbons (Fsp3) is 0.429. The number of aliphatic hydroxyl groups is 1. The van der Waals surface area contributed by atoms with E-state index in [9.17, 15) is 5.11 Å². The standard InChI is InChI=1S/C21H25N3O2S/c1-14-22-20(24-11-4-3-5-16(24)10-12-25)19-18(13-27-21(19)23-14)15-6-8-17(26-2)9-7-15/h6-9,13,16,25H,3-5,10-12H2,1-2H3. The molecular weight excluding hydrogens is 358 g/mol. The van der Waals surface area contributed by atoms with E-state index in [1.807, 2.05) is 19.1 Å². The molecule has 1 aliphatic rings. The highest BCUT2D eigenvalue weighted by Gasteiger charge is 2.27. The number of piperidine rings is 1. The SMILES string of the molecule is COc1ccc(-c2csc3nc(C)nc(N4CCCCC4CCO)c23)cc1. The third-order valence-corrected chi connectivity index (χ3v) is 6.16. The summed E-state index contributed by atoms with van der Waals surface area (Å²) in [5, 5.41) is 12.8. The number of benzene rings is 1. The van der Waals surface area contributed by atoms with Gasteiger partial charge in [0.25, 0.3) is 0 Å². The van der Waals surface area contributed by atoms with Gasteiger partial charge in [0.05, 0.1) is 12.5 Å². The Morgan fingerprint density at radius 1 is 1.22 bits per heavy atom. The second-order valence-corrected chi connectivity index (χ2v) is 7.87. The van der Waals surface area contributed by atoms with Crippen molar-refractivity contribution in [3.8, 4) is 16.9 Å². The molecule has 142 valence electrons. The van der Waals surface area contributed by atoms with Gasteiger partial charge in [-0.1, -0.05) is 12.1 Å². The van der Waals surface area contributed by atoms with Crippen molar-refractivity contribution in [3.63, 3.8) is 0 Å². The average Bonchev–Trinajstić information content (AvgIpc) is 3.12. The first-order chi connectivity index (χ1) is 13.2. The van der Waals surface area contributed by atoms with Crippen LogP contribution in [0, 0.1) is 6.92 Å². The van der Waals surface area contributed by atoms with Gasteiger partial charge in [-0.15, -0.1) is 11.3 Å². The van der Waals surface area contributed by atoms with Crippen LogP contribution in [0.25, 0.3) is 21.3 Å². The molecule has 1 aromatic carbocycles. The number of thiophene rings is 1. The Labute approximate surface area is 163 Å². The molecule has 0 bridgehead atoms. The molecule has 1 unspecified atom stereocenters. The van der Waals surface area contributed by atoms with E-state index in [0.29, 0.717) is 6.04 Å². The summed E-state index contributed by atoms with van der Waals surface area (Å²) in [5.74, 6) is 2.67. The minimum Gasteiger partial charge on any atom is -0.497 e. The van der Waals surface area contributed by atoms with Crippen LogP contribution in [0.4, 0.5) is 5.82 Å². The molecule has 0 radical (unpaired) electrons. The topological polar surface area (TPSA) is 58.5 Å². The lowest BCUT2D eigenvalue weighted by Gasteiger charge is -2.37. The zero-order valence-corrected chi connectivity index (χ0v) is 16.6. The third kappa shape index (κ3) is 3.51. The summed E-state index contributed by atoms with van der Waals surface area (Å²) in [6.07, 6.45) is 4.26. The maximum Gasteiger partial charge on any atom is 0.141 e. The summed E-state index contributed by atoms with van der Waals surface area (Å²) in [4.78, 5) is 13.0. The molecule has 6 heteroatoms. The van der Waals surface area contributed by atoms with Gasteiger partial charge in [0.2, 0.25) is 0 Å². The van der Waals surface area contributed by atoms with E-state index in [1.54, 1.807) is 18.4 Å². The maximum absolute atomic E-state index is 9.52. The first kappa shape index (κ1) is 18.2. The van der Waals surface area contributed by atoms with Crippen LogP contribution in [0.2, 0.25) is 0 Å². The maximum atomic E-state index is 9.52. The van der Waals surface area contributed by atoms with Crippen LogP contribution >= 0.6 is 11.3 Å². The number of hydrogen-bond donors (Lipinski definition) is 1. The summed E-state index contributed by atoms with van der Waals surface area (Å²) in [6.45, 7) is 3.15. The molecule has 27 heavy (non-hydrogen) atoms. The van der Waals surface area contributed by atoms with Crippen LogP contribution in [0.3, 0.4) is 0 Å². The number of aliphatic hydroxyl groups excluding tert-OH is 1. The van der Waals surface area contributed by atoms with E-state index >= 15 is 0 Å². The molecule has 4 rings (SSSR count). The Hall–Kier alpha value is -2.18. The number of aryl methyl sites for hydroxylation is 1. The average molecular weight is 384 g/mol. The van der Waals surface area contributed by atoms with Crippen molar-refractivity contribution >= 4 is 27.4 Å². The number of hydrogen-bond acceptors (Lipinski definition) is 6. The summed E-state index contributed by atoms with van der Waals surface area (Å²) in [7, 11) is 1.68. The summed E-state index contributed by atoms with van der Waals surface area (Å²) >= 11 is 1.67. The molecule has 5 nitrogen and oxygen atoms in total. The largest absolute Gasteiger partial charge is 0.497 e. The number of anilines is 1. The number of nitrogens with zero attached hydrogens (tertiary/aromatic N) is 3. The zero-order chi connectivity index (χ0) is 18.8. The molecule has 1 atom stereocenters. The van der Waals surface area contributed by atoms with Gasteiger partial charge in [0.15, 0.2) is 0 Å². The van der Waals surface area contributed by atoms with E-state index < -0.39 is 0 Å². The van der Waals surface area contributed by atoms with Crippen LogP contribution in [0.15, 0.2) is 29.6 Å². The quantitative estimate of drug-likeness (QED) is 0.707. The Kier molecular flexibility index (Phi) is 5.27. The van der Waals surface area contributed by atoms with Gasteiger partial charge in [-0.25, -0.2) is 9.97 Å². The van der Waals surface area contributed by atoms with Gasteiger partial charge >= 0.3 is 0 Å². The highest BCUT2D eigenvalue weighted by molar-refractivity contribution is 7.17. The predicted octanol–water partition coefficient (Wildman–Crippen LogP) is 4.42. The molecule has 0 spiro atoms. The predicted molar refractivity (Wildman–Crippen MR) is 111 cm³/mol. The van der Waals surface area contributed by atoms with Gasteiger partial charge in [0, 0.05) is 30.1 Å². The van der Waals surface area contributed by atoms with Crippen LogP contribution in [0.1, 0.15) is 31.5 Å². The Bertz CT molecular complexity index is 921. The smallest absolute Gasteiger partial charge is 0.141 e. The van der Waals surface area contributed by atoms with Crippen molar-refractivity contribution in [2.75, 3.05) is 25.2 Å². The van der Waals surface area contributed by atoms with E-state index in [2.05, 4.69) is 27.4 Å². The Morgan fingerprint density at radius 2 is 2.04 bits per heavy atom. The second-order valence-electron chi connectivity index (χ2n) is 7.01. The second kappa shape index (κ2) is 7.82. The van der Waals surface area contributed by atoms with Crippen molar-refractivity contribution in [1.82, 2.24) is 9.97 Å². The Morgan fingerprint density at radius 3 is 2.78 bits per heavy atom. The van der Waals surface area contributed by atoms with Crippen molar-refractivity contribution in [2.24, 2.45) is 0 Å². The van der Waals surface area contributed by atoms with Gasteiger partial charge in [-0.05, 0) is 50.3 Å². The Balaban J connectivity index is 1.85. The molecule has 2 aromatic heterocycles. The lowest BCUT2D eigenvalue weighted by molar-refractivity contribution is 0.262. The molecule has 1 fully saturated rings. The molecule has 1 aliphatic heterocycles. The molecule has 0 amide bonds. The normalized spacial score (nSPS) is 17.4. The van der Waals surface area contributed by atoms with Crippen LogP contribution in [-0.4, -0.2) is 41.4 Å². The van der Waals surface area contributed by atoms with Crippen molar-refractivity contribution in [1.29, 1.82) is 0 Å². The molecule has 1 saturated heterocycles. The molecule has 0 saturated carbocycles. The number of methoxy groups -OCH3 is 1. The highest BCUT2D eigenvalue weighted by atomic mass is 32.1. The molecule has 3 heterocycles. The van der Waals surface area contributed by atoms with Crippen molar-refractivity contribution in [3.05, 3.63) is 35.5 Å². The fourth-order valence-corrected chi connectivity index (χ4v) is 4.93. The van der Waals surface area contributed by atoms with Crippen LogP contribution in [-0.2, 0) is 0 Å². The molecular formula is C21H25N3O2S. The first-order valence-corrected chi connectivity index (χ1v) is 10.4. The minimum absolute atomic E-state index is 0.212. The van der Waals surface area contributed by atoms with Crippen LogP contribution < -0.4 is 9.64 Å². The van der Waals surface area contributed by atoms with Gasteiger partial charge < -0.3 is 14.7 Å². The summed E-state index contributed by atoms with van der Waals surface area (Å²) < 4.78 is 5.30. The van der Waals surface area contributed by atoms with Crippen LogP contribution in [0.5, 0.6) is 5.75 Å². The number of aromatic nitrogens is 2. The lowest BCUT2D eigenvalue weighted by Crippen LogP contribution is -2.41. The van der Waals surface area contributed by atoms with E-state index in [-0.39, 0.29) is 6.61 Å². The van der Waals surface area contributed by atoms with Crippen molar-refractivity contribution < 1.29 is 9.84 Å². The lowest BCUT2D eigenvalue weighted by atomic mass is 9.98. The molecule has 0 aliphatic carbocycles. The number of rotatable bonds is 5. The van der Waals surface area contributed by atoms with E-state index in [4.69, 9.17) is 9.72 Å². The third-order valence-electron chi connectivity index (χ3n) is 5.29. The monoisotopic (exact) mass is 383 g/mol. The fourth-order valence-electron chi connectivity index (χ4n) is 3.95. The summed E-state index contributed by atoms with van der Waals surface area (Å²) in [5.41, 5.74) is 2.31. The van der Waals surface area contributed by atoms with Gasteiger partial charge in [-0.2, -0.15) is 0 Å². The summed E-state index contributed by atoms with van der Waals surface area (Å²) in [6, 6.07) is 8.49. The van der Waals surface area contributed by atoms with E-state index in [1.165, 1.54) is 12.0 Å². The number of fused-ring (bicyclic) bond motifs is 1. The van der Waals surface area contributed by atoms with Crippen molar-refractivity contribution in [2.45, 2.75) is 38.6 Å². The van der Waals surface area contributed by atoms with Gasteiger partial charge in [-0.3, -0.25) is 0 Å². The highest BCUT2D eigenvalue weighted by Crippen LogP contribution is 2.40. The first-order valence-electron chi connectivity index (χ1n) is 9.49. The van der Waals surface area contributed by atoms with E-state index in [0.717, 1.165) is 59.0 Å². The van der Waals surface area contributed by atoms with Gasteiger partial charge in [0.1, 0.15) is 22.2 Å². The minimum atomic E-state index is 0.212. The molecule has 1 N–H and O–H groups in total. The molecule has 3 aromatic rings. The number of ether oxygens (including phenoxy) is 1.